The van der Waals surface area contributed by atoms with Gasteiger partial charge in [0, 0.05) is 32.7 Å². The topological polar surface area (TPSA) is 49.3 Å². The molecule has 2 heterocycles. The van der Waals surface area contributed by atoms with Crippen molar-refractivity contribution in [1.29, 1.82) is 0 Å². The molecular formula is C16H20N4OS. The van der Waals surface area contributed by atoms with Crippen LogP contribution in [-0.2, 0) is 6.54 Å². The van der Waals surface area contributed by atoms with Crippen LogP contribution in [0.1, 0.15) is 26.5 Å². The van der Waals surface area contributed by atoms with Crippen molar-refractivity contribution in [1.82, 2.24) is 19.4 Å². The Morgan fingerprint density at radius 2 is 1.91 bits per heavy atom. The number of carbonyl (C=O) groups is 1. The highest BCUT2D eigenvalue weighted by atomic mass is 32.1. The van der Waals surface area contributed by atoms with Gasteiger partial charge in [-0.25, -0.2) is 0 Å². The summed E-state index contributed by atoms with van der Waals surface area (Å²) >= 11 is 1.28. The molecule has 1 fully saturated rings. The van der Waals surface area contributed by atoms with Crippen LogP contribution in [0.15, 0.2) is 24.3 Å². The zero-order valence-electron chi connectivity index (χ0n) is 13.0. The maximum absolute atomic E-state index is 12.4. The molecule has 5 nitrogen and oxygen atoms in total. The second-order valence-corrected chi connectivity index (χ2v) is 6.63. The third-order valence-corrected chi connectivity index (χ3v) is 4.80. The third-order valence-electron chi connectivity index (χ3n) is 4.17. The van der Waals surface area contributed by atoms with Crippen LogP contribution < -0.4 is 0 Å². The van der Waals surface area contributed by atoms with Crippen LogP contribution in [-0.4, -0.2) is 51.5 Å². The molecule has 0 spiro atoms. The van der Waals surface area contributed by atoms with Crippen molar-refractivity contribution in [2.24, 2.45) is 0 Å². The number of benzene rings is 1. The molecule has 0 unspecified atom stereocenters. The molecule has 22 heavy (non-hydrogen) atoms. The van der Waals surface area contributed by atoms with Crippen molar-refractivity contribution in [2.45, 2.75) is 20.4 Å². The van der Waals surface area contributed by atoms with Crippen molar-refractivity contribution >= 4 is 17.4 Å². The fourth-order valence-electron chi connectivity index (χ4n) is 2.72. The van der Waals surface area contributed by atoms with Crippen molar-refractivity contribution < 1.29 is 4.79 Å². The van der Waals surface area contributed by atoms with Gasteiger partial charge in [0.2, 0.25) is 0 Å². The number of piperazine rings is 1. The van der Waals surface area contributed by atoms with Gasteiger partial charge in [-0.2, -0.15) is 0 Å². The lowest BCUT2D eigenvalue weighted by Crippen LogP contribution is -2.48. The van der Waals surface area contributed by atoms with Crippen molar-refractivity contribution in [2.75, 3.05) is 26.2 Å². The summed E-state index contributed by atoms with van der Waals surface area (Å²) in [4.78, 5) is 17.6. The minimum atomic E-state index is 0.0155. The molecule has 2 aromatic rings. The van der Waals surface area contributed by atoms with Gasteiger partial charge >= 0.3 is 0 Å². The number of amides is 1. The van der Waals surface area contributed by atoms with Gasteiger partial charge in [-0.3, -0.25) is 9.69 Å². The first-order chi connectivity index (χ1) is 10.6. The van der Waals surface area contributed by atoms with E-state index in [9.17, 15) is 4.79 Å². The van der Waals surface area contributed by atoms with Crippen molar-refractivity contribution in [3.63, 3.8) is 0 Å². The van der Waals surface area contributed by atoms with E-state index in [4.69, 9.17) is 0 Å². The Balaban J connectivity index is 1.58. The molecule has 3 rings (SSSR count). The number of carbonyl (C=O) groups excluding carboxylic acids is 1. The van der Waals surface area contributed by atoms with E-state index in [1.165, 1.54) is 22.7 Å². The Kier molecular flexibility index (Phi) is 4.49. The highest BCUT2D eigenvalue weighted by molar-refractivity contribution is 7.05. The summed E-state index contributed by atoms with van der Waals surface area (Å²) in [5.41, 5.74) is 3.20. The lowest BCUT2D eigenvalue weighted by Gasteiger charge is -2.34. The van der Waals surface area contributed by atoms with Gasteiger partial charge in [-0.05, 0) is 36.5 Å². The highest BCUT2D eigenvalue weighted by Gasteiger charge is 2.25. The molecule has 0 saturated carbocycles. The van der Waals surface area contributed by atoms with E-state index in [2.05, 4.69) is 45.7 Å². The predicted octanol–water partition coefficient (Wildman–Crippen LogP) is 2.11. The molecule has 1 aromatic carbocycles. The van der Waals surface area contributed by atoms with Crippen LogP contribution in [0.2, 0.25) is 0 Å². The summed E-state index contributed by atoms with van der Waals surface area (Å²) in [6.45, 7) is 8.29. The molecule has 0 atom stereocenters. The molecule has 1 amide bonds. The van der Waals surface area contributed by atoms with Crippen LogP contribution in [0.3, 0.4) is 0 Å². The van der Waals surface area contributed by atoms with Gasteiger partial charge < -0.3 is 4.90 Å². The molecule has 0 aliphatic carbocycles. The second kappa shape index (κ2) is 6.54. The van der Waals surface area contributed by atoms with Gasteiger partial charge in [0.25, 0.3) is 5.91 Å². The van der Waals surface area contributed by atoms with E-state index < -0.39 is 0 Å². The van der Waals surface area contributed by atoms with Crippen molar-refractivity contribution in [3.05, 3.63) is 46.0 Å². The Labute approximate surface area is 134 Å². The number of nitrogens with zero attached hydrogens (tertiary/aromatic N) is 4. The van der Waals surface area contributed by atoms with E-state index >= 15 is 0 Å². The standard InChI is InChI=1S/C16H20N4OS/c1-12-5-3-4-6-14(12)11-19-7-9-20(10-8-19)16(21)15-13(2)22-18-17-15/h3-6H,7-11H2,1-2H3. The van der Waals surface area contributed by atoms with Crippen LogP contribution >= 0.6 is 11.5 Å². The summed E-state index contributed by atoms with van der Waals surface area (Å²) in [6.07, 6.45) is 0. The Morgan fingerprint density at radius 3 is 2.55 bits per heavy atom. The van der Waals surface area contributed by atoms with E-state index in [0.717, 1.165) is 37.6 Å². The molecule has 1 aliphatic rings. The quantitative estimate of drug-likeness (QED) is 0.870. The first-order valence-electron chi connectivity index (χ1n) is 7.50. The number of rotatable bonds is 3. The summed E-state index contributed by atoms with van der Waals surface area (Å²) < 4.78 is 3.85. The normalized spacial score (nSPS) is 16.0. The Bertz CT molecular complexity index is 662. The van der Waals surface area contributed by atoms with Gasteiger partial charge in [-0.15, -0.1) is 5.10 Å². The Hall–Kier alpha value is -1.79. The maximum atomic E-state index is 12.4. The van der Waals surface area contributed by atoms with Gasteiger partial charge in [0.1, 0.15) is 0 Å². The number of aryl methyl sites for hydroxylation is 2. The smallest absolute Gasteiger partial charge is 0.275 e. The predicted molar refractivity (Wildman–Crippen MR) is 87.0 cm³/mol. The number of hydrogen-bond acceptors (Lipinski definition) is 5. The van der Waals surface area contributed by atoms with Crippen molar-refractivity contribution in [3.8, 4) is 0 Å². The van der Waals surface area contributed by atoms with Crippen LogP contribution in [0.25, 0.3) is 0 Å². The molecule has 6 heteroatoms. The van der Waals surface area contributed by atoms with Gasteiger partial charge in [0.05, 0.1) is 4.88 Å². The first kappa shape index (κ1) is 15.1. The fourth-order valence-corrected chi connectivity index (χ4v) is 3.18. The van der Waals surface area contributed by atoms with E-state index in [1.54, 1.807) is 0 Å². The maximum Gasteiger partial charge on any atom is 0.275 e. The van der Waals surface area contributed by atoms with Crippen LogP contribution in [0.4, 0.5) is 0 Å². The molecule has 1 aliphatic heterocycles. The largest absolute Gasteiger partial charge is 0.335 e. The molecule has 0 N–H and O–H groups in total. The SMILES string of the molecule is Cc1ccccc1CN1CCN(C(=O)c2nnsc2C)CC1. The summed E-state index contributed by atoms with van der Waals surface area (Å²) in [5, 5.41) is 3.95. The molecule has 0 radical (unpaired) electrons. The van der Waals surface area contributed by atoms with E-state index in [1.807, 2.05) is 11.8 Å². The molecular weight excluding hydrogens is 296 g/mol. The molecule has 1 saturated heterocycles. The van der Waals surface area contributed by atoms with Crippen LogP contribution in [0, 0.1) is 13.8 Å². The molecule has 116 valence electrons. The van der Waals surface area contributed by atoms with Gasteiger partial charge in [-0.1, -0.05) is 28.8 Å². The zero-order valence-corrected chi connectivity index (χ0v) is 13.8. The van der Waals surface area contributed by atoms with E-state index in [-0.39, 0.29) is 5.91 Å². The monoisotopic (exact) mass is 316 g/mol. The summed E-state index contributed by atoms with van der Waals surface area (Å²) in [6, 6.07) is 8.48. The Morgan fingerprint density at radius 1 is 1.18 bits per heavy atom. The van der Waals surface area contributed by atoms with Crippen LogP contribution in [0.5, 0.6) is 0 Å². The molecule has 0 bridgehead atoms. The number of hydrogen-bond donors (Lipinski definition) is 0. The third kappa shape index (κ3) is 3.18. The number of aromatic nitrogens is 2. The lowest BCUT2D eigenvalue weighted by molar-refractivity contribution is 0.0622. The summed E-state index contributed by atoms with van der Waals surface area (Å²) in [5.74, 6) is 0.0155. The zero-order chi connectivity index (χ0) is 15.5. The summed E-state index contributed by atoms with van der Waals surface area (Å²) in [7, 11) is 0. The average Bonchev–Trinajstić information content (AvgIpc) is 2.96. The highest BCUT2D eigenvalue weighted by Crippen LogP contribution is 2.15. The molecule has 1 aromatic heterocycles. The fraction of sp³-hybridized carbons (Fsp3) is 0.438. The lowest BCUT2D eigenvalue weighted by atomic mass is 10.1. The minimum absolute atomic E-state index is 0.0155. The second-order valence-electron chi connectivity index (χ2n) is 5.67. The first-order valence-corrected chi connectivity index (χ1v) is 8.27. The van der Waals surface area contributed by atoms with Gasteiger partial charge in [0.15, 0.2) is 5.69 Å². The minimum Gasteiger partial charge on any atom is -0.335 e. The average molecular weight is 316 g/mol. The van der Waals surface area contributed by atoms with E-state index in [0.29, 0.717) is 5.69 Å².